The SMILES string of the molecule is O=C(Nc1cnc(N2CCCCC2)nc1)c1ccc2noc(-c3ccccc3)c2c1. The van der Waals surface area contributed by atoms with Crippen molar-refractivity contribution < 1.29 is 9.32 Å². The van der Waals surface area contributed by atoms with Crippen LogP contribution >= 0.6 is 0 Å². The molecule has 0 spiro atoms. The van der Waals surface area contributed by atoms with Crippen LogP contribution in [0.15, 0.2) is 65.4 Å². The van der Waals surface area contributed by atoms with Crippen LogP contribution in [0.1, 0.15) is 29.6 Å². The summed E-state index contributed by atoms with van der Waals surface area (Å²) >= 11 is 0. The van der Waals surface area contributed by atoms with Gasteiger partial charge in [0.1, 0.15) is 5.52 Å². The molecule has 0 unspecified atom stereocenters. The molecule has 7 heteroatoms. The molecule has 1 amide bonds. The van der Waals surface area contributed by atoms with Gasteiger partial charge in [0.25, 0.3) is 5.91 Å². The fraction of sp³-hybridized carbons (Fsp3) is 0.217. The van der Waals surface area contributed by atoms with E-state index >= 15 is 0 Å². The largest absolute Gasteiger partial charge is 0.355 e. The van der Waals surface area contributed by atoms with Crippen LogP contribution in [0.5, 0.6) is 0 Å². The Hall–Kier alpha value is -3.74. The van der Waals surface area contributed by atoms with Crippen molar-refractivity contribution in [2.75, 3.05) is 23.3 Å². The lowest BCUT2D eigenvalue weighted by atomic mass is 10.1. The highest BCUT2D eigenvalue weighted by molar-refractivity contribution is 6.07. The second-order valence-electron chi connectivity index (χ2n) is 7.38. The number of piperidine rings is 1. The highest BCUT2D eigenvalue weighted by Gasteiger charge is 2.16. The van der Waals surface area contributed by atoms with Gasteiger partial charge in [-0.2, -0.15) is 0 Å². The maximum Gasteiger partial charge on any atom is 0.255 e. The fourth-order valence-corrected chi connectivity index (χ4v) is 3.73. The molecule has 1 saturated heterocycles. The van der Waals surface area contributed by atoms with Crippen molar-refractivity contribution >= 4 is 28.4 Å². The summed E-state index contributed by atoms with van der Waals surface area (Å²) < 4.78 is 5.52. The third-order valence-electron chi connectivity index (χ3n) is 5.31. The molecule has 1 aliphatic heterocycles. The first kappa shape index (κ1) is 18.3. The van der Waals surface area contributed by atoms with Crippen molar-refractivity contribution in [3.05, 3.63) is 66.5 Å². The van der Waals surface area contributed by atoms with Crippen LogP contribution in [-0.2, 0) is 0 Å². The van der Waals surface area contributed by atoms with Crippen LogP contribution in [0, 0.1) is 0 Å². The molecule has 3 heterocycles. The lowest BCUT2D eigenvalue weighted by Crippen LogP contribution is -2.30. The minimum atomic E-state index is -0.230. The molecule has 2 aromatic carbocycles. The van der Waals surface area contributed by atoms with E-state index in [0.717, 1.165) is 36.9 Å². The Morgan fingerprint density at radius 2 is 1.73 bits per heavy atom. The van der Waals surface area contributed by atoms with Crippen LogP contribution < -0.4 is 10.2 Å². The van der Waals surface area contributed by atoms with Crippen molar-refractivity contribution in [3.63, 3.8) is 0 Å². The van der Waals surface area contributed by atoms with Gasteiger partial charge in [-0.15, -0.1) is 0 Å². The molecule has 2 aromatic heterocycles. The normalized spacial score (nSPS) is 14.1. The molecule has 0 bridgehead atoms. The monoisotopic (exact) mass is 399 g/mol. The molecular weight excluding hydrogens is 378 g/mol. The van der Waals surface area contributed by atoms with Crippen molar-refractivity contribution in [1.29, 1.82) is 0 Å². The third-order valence-corrected chi connectivity index (χ3v) is 5.31. The van der Waals surface area contributed by atoms with E-state index in [1.807, 2.05) is 30.3 Å². The molecule has 0 aliphatic carbocycles. The Labute approximate surface area is 173 Å². The molecule has 1 aliphatic rings. The van der Waals surface area contributed by atoms with Gasteiger partial charge < -0.3 is 14.7 Å². The molecule has 7 nitrogen and oxygen atoms in total. The van der Waals surface area contributed by atoms with Gasteiger partial charge >= 0.3 is 0 Å². The van der Waals surface area contributed by atoms with E-state index in [1.54, 1.807) is 30.6 Å². The Morgan fingerprint density at radius 1 is 0.967 bits per heavy atom. The predicted molar refractivity (Wildman–Crippen MR) is 115 cm³/mol. The van der Waals surface area contributed by atoms with Gasteiger partial charge in [0, 0.05) is 24.2 Å². The summed E-state index contributed by atoms with van der Waals surface area (Å²) in [5, 5.41) is 7.77. The Balaban J connectivity index is 1.36. The van der Waals surface area contributed by atoms with Crippen molar-refractivity contribution in [2.45, 2.75) is 19.3 Å². The number of benzene rings is 2. The van der Waals surface area contributed by atoms with Gasteiger partial charge in [-0.1, -0.05) is 35.5 Å². The van der Waals surface area contributed by atoms with Crippen LogP contribution in [0.2, 0.25) is 0 Å². The number of amides is 1. The number of carbonyl (C=O) groups excluding carboxylic acids is 1. The average Bonchev–Trinajstić information content (AvgIpc) is 3.24. The summed E-state index contributed by atoms with van der Waals surface area (Å²) in [5.41, 5.74) is 2.70. The number of nitrogens with one attached hydrogen (secondary N) is 1. The molecule has 0 saturated carbocycles. The highest BCUT2D eigenvalue weighted by atomic mass is 16.5. The Kier molecular flexibility index (Phi) is 4.85. The van der Waals surface area contributed by atoms with Gasteiger partial charge in [0.15, 0.2) is 5.76 Å². The summed E-state index contributed by atoms with van der Waals surface area (Å²) in [4.78, 5) is 23.8. The zero-order chi connectivity index (χ0) is 20.3. The summed E-state index contributed by atoms with van der Waals surface area (Å²) in [7, 11) is 0. The molecular formula is C23H21N5O2. The van der Waals surface area contributed by atoms with Gasteiger partial charge in [-0.05, 0) is 37.5 Å². The minimum absolute atomic E-state index is 0.230. The first-order chi connectivity index (χ1) is 14.8. The second kappa shape index (κ2) is 7.94. The predicted octanol–water partition coefficient (Wildman–Crippen LogP) is 4.53. The number of aromatic nitrogens is 3. The smallest absolute Gasteiger partial charge is 0.255 e. The number of anilines is 2. The van der Waals surface area contributed by atoms with E-state index in [2.05, 4.69) is 25.3 Å². The average molecular weight is 399 g/mol. The lowest BCUT2D eigenvalue weighted by Gasteiger charge is -2.26. The molecule has 4 aromatic rings. The van der Waals surface area contributed by atoms with E-state index in [-0.39, 0.29) is 5.91 Å². The van der Waals surface area contributed by atoms with Gasteiger partial charge in [-0.3, -0.25) is 4.79 Å². The Bertz CT molecular complexity index is 1170. The van der Waals surface area contributed by atoms with Crippen molar-refractivity contribution in [1.82, 2.24) is 15.1 Å². The Morgan fingerprint density at radius 3 is 2.50 bits per heavy atom. The number of rotatable bonds is 4. The number of hydrogen-bond acceptors (Lipinski definition) is 6. The van der Waals surface area contributed by atoms with Gasteiger partial charge in [0.05, 0.1) is 23.5 Å². The molecule has 5 rings (SSSR count). The van der Waals surface area contributed by atoms with E-state index < -0.39 is 0 Å². The first-order valence-electron chi connectivity index (χ1n) is 10.1. The van der Waals surface area contributed by atoms with Gasteiger partial charge in [0.2, 0.25) is 5.95 Å². The first-order valence-corrected chi connectivity index (χ1v) is 10.1. The molecule has 0 radical (unpaired) electrons. The molecule has 150 valence electrons. The fourth-order valence-electron chi connectivity index (χ4n) is 3.73. The van der Waals surface area contributed by atoms with Crippen molar-refractivity contribution in [3.8, 4) is 11.3 Å². The number of carbonyl (C=O) groups is 1. The maximum atomic E-state index is 12.8. The zero-order valence-electron chi connectivity index (χ0n) is 16.4. The topological polar surface area (TPSA) is 84.2 Å². The maximum absolute atomic E-state index is 12.8. The second-order valence-corrected chi connectivity index (χ2v) is 7.38. The number of nitrogens with zero attached hydrogens (tertiary/aromatic N) is 4. The summed E-state index contributed by atoms with van der Waals surface area (Å²) in [5.74, 6) is 1.13. The number of fused-ring (bicyclic) bond motifs is 1. The summed E-state index contributed by atoms with van der Waals surface area (Å²) in [6, 6.07) is 15.0. The summed E-state index contributed by atoms with van der Waals surface area (Å²) in [6.45, 7) is 1.96. The quantitative estimate of drug-likeness (QED) is 0.543. The van der Waals surface area contributed by atoms with Gasteiger partial charge in [-0.25, -0.2) is 9.97 Å². The number of hydrogen-bond donors (Lipinski definition) is 1. The lowest BCUT2D eigenvalue weighted by molar-refractivity contribution is 0.102. The van der Waals surface area contributed by atoms with Crippen molar-refractivity contribution in [2.24, 2.45) is 0 Å². The van der Waals surface area contributed by atoms with Crippen LogP contribution in [0.3, 0.4) is 0 Å². The molecule has 1 N–H and O–H groups in total. The van der Waals surface area contributed by atoms with E-state index in [4.69, 9.17) is 4.52 Å². The summed E-state index contributed by atoms with van der Waals surface area (Å²) in [6.07, 6.45) is 6.90. The van der Waals surface area contributed by atoms with E-state index in [0.29, 0.717) is 28.5 Å². The van der Waals surface area contributed by atoms with E-state index in [1.165, 1.54) is 6.42 Å². The third kappa shape index (κ3) is 3.61. The standard InChI is InChI=1S/C23H21N5O2/c29-22(26-18-14-24-23(25-15-18)28-11-5-2-6-12-28)17-9-10-20-19(13-17)21(30-27-20)16-7-3-1-4-8-16/h1,3-4,7-10,13-15H,2,5-6,11-12H2,(H,26,29). The van der Waals surface area contributed by atoms with Crippen LogP contribution in [-0.4, -0.2) is 34.1 Å². The van der Waals surface area contributed by atoms with Crippen LogP contribution in [0.25, 0.3) is 22.2 Å². The zero-order valence-corrected chi connectivity index (χ0v) is 16.4. The molecule has 1 fully saturated rings. The van der Waals surface area contributed by atoms with Crippen LogP contribution in [0.4, 0.5) is 11.6 Å². The van der Waals surface area contributed by atoms with E-state index in [9.17, 15) is 4.79 Å². The molecule has 0 atom stereocenters. The molecule has 30 heavy (non-hydrogen) atoms. The minimum Gasteiger partial charge on any atom is -0.355 e. The highest BCUT2D eigenvalue weighted by Crippen LogP contribution is 2.29.